The molecule has 1 atom stereocenters. The molecule has 1 saturated heterocycles. The summed E-state index contributed by atoms with van der Waals surface area (Å²) in [5, 5.41) is 12.4. The molecule has 1 aromatic carbocycles. The van der Waals surface area contributed by atoms with Crippen LogP contribution in [0.25, 0.3) is 0 Å². The van der Waals surface area contributed by atoms with Gasteiger partial charge >= 0.3 is 0 Å². The minimum Gasteiger partial charge on any atom is -0.409 e. The van der Waals surface area contributed by atoms with E-state index in [0.29, 0.717) is 10.8 Å². The molecule has 98 valence electrons. The lowest BCUT2D eigenvalue weighted by atomic mass is 10.1. The maximum absolute atomic E-state index is 8.69. The Hall–Kier alpha value is -0.880. The molecule has 0 radical (unpaired) electrons. The average Bonchev–Trinajstić information content (AvgIpc) is 2.37. The molecule has 18 heavy (non-hydrogen) atoms. The molecule has 1 fully saturated rings. The van der Waals surface area contributed by atoms with Gasteiger partial charge < -0.3 is 15.8 Å². The van der Waals surface area contributed by atoms with E-state index in [2.05, 4.69) is 32.9 Å². The number of hydrogen-bond donors (Lipinski definition) is 2. The summed E-state index contributed by atoms with van der Waals surface area (Å²) in [4.78, 5) is 2.36. The fourth-order valence-electron chi connectivity index (χ4n) is 2.02. The van der Waals surface area contributed by atoms with Crippen molar-refractivity contribution in [3.8, 4) is 0 Å². The predicted molar refractivity (Wildman–Crippen MR) is 80.8 cm³/mol. The number of halogens is 1. The Morgan fingerprint density at radius 1 is 1.61 bits per heavy atom. The zero-order chi connectivity index (χ0) is 13.1. The second kappa shape index (κ2) is 5.84. The summed E-state index contributed by atoms with van der Waals surface area (Å²) in [5.41, 5.74) is 7.48. The van der Waals surface area contributed by atoms with Crippen LogP contribution in [0, 0.1) is 0 Å². The summed E-state index contributed by atoms with van der Waals surface area (Å²) in [6.45, 7) is 4.36. The third-order valence-corrected chi connectivity index (χ3v) is 4.74. The molecule has 1 aromatic rings. The van der Waals surface area contributed by atoms with Crippen molar-refractivity contribution in [2.75, 3.05) is 23.7 Å². The van der Waals surface area contributed by atoms with E-state index in [-0.39, 0.29) is 5.84 Å². The summed E-state index contributed by atoms with van der Waals surface area (Å²) >= 11 is 5.47. The Balaban J connectivity index is 2.23. The first kappa shape index (κ1) is 13.5. The maximum atomic E-state index is 8.69. The minimum atomic E-state index is 0.121. The Morgan fingerprint density at radius 3 is 3.00 bits per heavy atom. The molecule has 0 aromatic heterocycles. The number of hydrogen-bond acceptors (Lipinski definition) is 4. The van der Waals surface area contributed by atoms with Crippen LogP contribution in [0.15, 0.2) is 27.8 Å². The molecular weight excluding hydrogens is 314 g/mol. The topological polar surface area (TPSA) is 61.8 Å². The van der Waals surface area contributed by atoms with Gasteiger partial charge in [0.1, 0.15) is 0 Å². The number of rotatable bonds is 2. The highest BCUT2D eigenvalue weighted by molar-refractivity contribution is 9.10. The predicted octanol–water partition coefficient (Wildman–Crippen LogP) is 2.49. The molecule has 0 spiro atoms. The van der Waals surface area contributed by atoms with Crippen LogP contribution in [0.5, 0.6) is 0 Å². The summed E-state index contributed by atoms with van der Waals surface area (Å²) in [6, 6.07) is 5.91. The van der Waals surface area contributed by atoms with Crippen molar-refractivity contribution in [3.05, 3.63) is 28.2 Å². The number of thioether (sulfide) groups is 1. The average molecular weight is 330 g/mol. The van der Waals surface area contributed by atoms with Crippen LogP contribution in [0.4, 0.5) is 5.69 Å². The van der Waals surface area contributed by atoms with Crippen LogP contribution < -0.4 is 10.6 Å². The lowest BCUT2D eigenvalue weighted by molar-refractivity contribution is 0.318. The smallest absolute Gasteiger partial charge is 0.171 e. The Kier molecular flexibility index (Phi) is 4.40. The molecule has 3 N–H and O–H groups in total. The van der Waals surface area contributed by atoms with Crippen molar-refractivity contribution >= 4 is 39.2 Å². The Morgan fingerprint density at radius 2 is 2.39 bits per heavy atom. The Bertz CT molecular complexity index is 467. The second-order valence-electron chi connectivity index (χ2n) is 4.28. The van der Waals surface area contributed by atoms with Crippen molar-refractivity contribution in [2.24, 2.45) is 10.9 Å². The molecular formula is C12H16BrN3OS. The van der Waals surface area contributed by atoms with Crippen LogP contribution >= 0.6 is 27.7 Å². The molecule has 1 heterocycles. The van der Waals surface area contributed by atoms with Gasteiger partial charge in [-0.2, -0.15) is 11.8 Å². The molecule has 2 rings (SSSR count). The van der Waals surface area contributed by atoms with Gasteiger partial charge in [0, 0.05) is 39.8 Å². The maximum Gasteiger partial charge on any atom is 0.171 e. The molecule has 0 saturated carbocycles. The summed E-state index contributed by atoms with van der Waals surface area (Å²) in [7, 11) is 0. The number of anilines is 1. The fourth-order valence-corrected chi connectivity index (χ4v) is 3.60. The second-order valence-corrected chi connectivity index (χ2v) is 6.68. The van der Waals surface area contributed by atoms with E-state index < -0.39 is 0 Å². The van der Waals surface area contributed by atoms with Crippen LogP contribution in [0.3, 0.4) is 0 Å². The van der Waals surface area contributed by atoms with E-state index in [0.717, 1.165) is 23.3 Å². The normalized spacial score (nSPS) is 21.1. The van der Waals surface area contributed by atoms with Gasteiger partial charge in [-0.15, -0.1) is 0 Å². The Labute approximate surface area is 119 Å². The van der Waals surface area contributed by atoms with E-state index in [9.17, 15) is 0 Å². The first-order valence-electron chi connectivity index (χ1n) is 5.76. The third kappa shape index (κ3) is 2.92. The molecule has 4 nitrogen and oxygen atoms in total. The standard InChI is InChI=1S/C12H16BrN3OS/c1-8-7-16(4-5-18-8)9-2-3-10(11(13)6-9)12(14)15-17/h2-3,6,8,17H,4-5,7H2,1H3,(H2,14,15). The number of nitrogens with two attached hydrogens (primary N) is 1. The van der Waals surface area contributed by atoms with Crippen LogP contribution in [0.2, 0.25) is 0 Å². The van der Waals surface area contributed by atoms with Gasteiger partial charge in [-0.3, -0.25) is 0 Å². The monoisotopic (exact) mass is 329 g/mol. The van der Waals surface area contributed by atoms with Gasteiger partial charge in [0.2, 0.25) is 0 Å². The van der Waals surface area contributed by atoms with Crippen LogP contribution in [-0.4, -0.2) is 35.1 Å². The molecule has 1 aliphatic rings. The summed E-state index contributed by atoms with van der Waals surface area (Å²) in [6.07, 6.45) is 0. The zero-order valence-corrected chi connectivity index (χ0v) is 12.5. The van der Waals surface area contributed by atoms with Gasteiger partial charge in [0.15, 0.2) is 5.84 Å². The van der Waals surface area contributed by atoms with Gasteiger partial charge in [0.05, 0.1) is 0 Å². The van der Waals surface area contributed by atoms with Crippen molar-refractivity contribution < 1.29 is 5.21 Å². The molecule has 1 unspecified atom stereocenters. The van der Waals surface area contributed by atoms with Crippen molar-refractivity contribution in [3.63, 3.8) is 0 Å². The summed E-state index contributed by atoms with van der Waals surface area (Å²) in [5.74, 6) is 1.27. The lowest BCUT2D eigenvalue weighted by Gasteiger charge is -2.32. The molecule has 0 amide bonds. The van der Waals surface area contributed by atoms with Crippen LogP contribution in [-0.2, 0) is 0 Å². The minimum absolute atomic E-state index is 0.121. The van der Waals surface area contributed by atoms with Crippen molar-refractivity contribution in [2.45, 2.75) is 12.2 Å². The lowest BCUT2D eigenvalue weighted by Crippen LogP contribution is -2.36. The van der Waals surface area contributed by atoms with E-state index in [4.69, 9.17) is 10.9 Å². The number of amidine groups is 1. The molecule has 1 aliphatic heterocycles. The first-order valence-corrected chi connectivity index (χ1v) is 7.60. The van der Waals surface area contributed by atoms with Gasteiger partial charge in [-0.25, -0.2) is 0 Å². The van der Waals surface area contributed by atoms with Gasteiger partial charge in [0.25, 0.3) is 0 Å². The highest BCUT2D eigenvalue weighted by atomic mass is 79.9. The molecule has 0 aliphatic carbocycles. The van der Waals surface area contributed by atoms with E-state index in [1.807, 2.05) is 30.0 Å². The number of benzene rings is 1. The van der Waals surface area contributed by atoms with Crippen LogP contribution in [0.1, 0.15) is 12.5 Å². The van der Waals surface area contributed by atoms with Crippen molar-refractivity contribution in [1.82, 2.24) is 0 Å². The number of nitrogens with zero attached hydrogens (tertiary/aromatic N) is 2. The summed E-state index contributed by atoms with van der Waals surface area (Å²) < 4.78 is 0.848. The van der Waals surface area contributed by atoms with E-state index in [1.165, 1.54) is 5.69 Å². The first-order chi connectivity index (χ1) is 8.61. The third-order valence-electron chi connectivity index (χ3n) is 2.94. The highest BCUT2D eigenvalue weighted by Gasteiger charge is 2.18. The number of oxime groups is 1. The highest BCUT2D eigenvalue weighted by Crippen LogP contribution is 2.28. The zero-order valence-electron chi connectivity index (χ0n) is 10.1. The largest absolute Gasteiger partial charge is 0.409 e. The van der Waals surface area contributed by atoms with Gasteiger partial charge in [-0.05, 0) is 34.1 Å². The van der Waals surface area contributed by atoms with Gasteiger partial charge in [-0.1, -0.05) is 12.1 Å². The van der Waals surface area contributed by atoms with E-state index in [1.54, 1.807) is 0 Å². The molecule has 6 heteroatoms. The fraction of sp³-hybridized carbons (Fsp3) is 0.417. The SMILES string of the molecule is CC1CN(c2ccc(/C(N)=N/O)c(Br)c2)CCS1. The molecule has 0 bridgehead atoms. The van der Waals surface area contributed by atoms with Crippen molar-refractivity contribution in [1.29, 1.82) is 0 Å². The quantitative estimate of drug-likeness (QED) is 0.379. The van der Waals surface area contributed by atoms with E-state index >= 15 is 0 Å².